The molecule has 0 aliphatic carbocycles. The van der Waals surface area contributed by atoms with Crippen LogP contribution in [0.5, 0.6) is 0 Å². The van der Waals surface area contributed by atoms with E-state index in [2.05, 4.69) is 20.0 Å². The summed E-state index contributed by atoms with van der Waals surface area (Å²) in [6, 6.07) is 0. The van der Waals surface area contributed by atoms with Crippen LogP contribution in [0.2, 0.25) is 0 Å². The van der Waals surface area contributed by atoms with Gasteiger partial charge in [-0.2, -0.15) is 0 Å². The highest BCUT2D eigenvalue weighted by molar-refractivity contribution is 4.67. The fourth-order valence-corrected chi connectivity index (χ4v) is 3.41. The molecule has 0 aromatic rings. The van der Waals surface area contributed by atoms with Crippen LogP contribution in [0.25, 0.3) is 0 Å². The van der Waals surface area contributed by atoms with E-state index >= 15 is 0 Å². The first kappa shape index (κ1) is 22.8. The minimum Gasteiger partial charge on any atom is -0.396 e. The number of nitrogens with one attached hydrogen (secondary N) is 1. The summed E-state index contributed by atoms with van der Waals surface area (Å²) >= 11 is 0. The molecule has 0 spiro atoms. The van der Waals surface area contributed by atoms with Crippen molar-refractivity contribution < 1.29 is 15.3 Å². The first-order valence-electron chi connectivity index (χ1n) is 10.0. The van der Waals surface area contributed by atoms with Crippen LogP contribution in [0.3, 0.4) is 0 Å². The van der Waals surface area contributed by atoms with Gasteiger partial charge in [0.1, 0.15) is 0 Å². The van der Waals surface area contributed by atoms with E-state index in [9.17, 15) is 10.2 Å². The fraction of sp³-hybridized carbons (Fsp3) is 1.00. The summed E-state index contributed by atoms with van der Waals surface area (Å²) in [7, 11) is 0. The van der Waals surface area contributed by atoms with Crippen LogP contribution in [0.1, 0.15) is 25.7 Å². The Kier molecular flexibility index (Phi) is 14.5. The molecule has 0 aromatic carbocycles. The van der Waals surface area contributed by atoms with E-state index in [0.717, 1.165) is 97.7 Å². The zero-order valence-electron chi connectivity index (χ0n) is 15.9. The second-order valence-corrected chi connectivity index (χ2v) is 6.86. The van der Waals surface area contributed by atoms with E-state index in [1.54, 1.807) is 0 Å². The Morgan fingerprint density at radius 3 is 1.60 bits per heavy atom. The first-order valence-corrected chi connectivity index (χ1v) is 10.0. The molecule has 0 unspecified atom stereocenters. The summed E-state index contributed by atoms with van der Waals surface area (Å²) in [5, 5.41) is 31.1. The van der Waals surface area contributed by atoms with Crippen molar-refractivity contribution in [3.63, 3.8) is 0 Å². The summed E-state index contributed by atoms with van der Waals surface area (Å²) < 4.78 is 0. The predicted molar refractivity (Wildman–Crippen MR) is 102 cm³/mol. The number of hydrogen-bond donors (Lipinski definition) is 4. The maximum absolute atomic E-state index is 9.30. The Bertz CT molecular complexity index is 297. The molecule has 1 fully saturated rings. The third-order valence-electron chi connectivity index (χ3n) is 4.79. The second kappa shape index (κ2) is 15.9. The Hall–Kier alpha value is -0.280. The van der Waals surface area contributed by atoms with Crippen LogP contribution in [0.4, 0.5) is 0 Å². The van der Waals surface area contributed by atoms with Crippen molar-refractivity contribution in [1.29, 1.82) is 0 Å². The smallest absolute Gasteiger partial charge is 0.0558 e. The van der Waals surface area contributed by atoms with Crippen molar-refractivity contribution in [3.8, 4) is 0 Å². The second-order valence-electron chi connectivity index (χ2n) is 6.86. The lowest BCUT2D eigenvalue weighted by atomic mass is 10.2. The first-order chi connectivity index (χ1) is 12.3. The number of aliphatic hydroxyl groups excluding tert-OH is 3. The molecule has 1 saturated heterocycles. The summed E-state index contributed by atoms with van der Waals surface area (Å²) in [6.45, 7) is 11.2. The molecule has 1 aliphatic rings. The zero-order valence-corrected chi connectivity index (χ0v) is 15.9. The van der Waals surface area contributed by atoms with E-state index in [-0.39, 0.29) is 19.8 Å². The van der Waals surface area contributed by atoms with Gasteiger partial charge in [-0.1, -0.05) is 0 Å². The van der Waals surface area contributed by atoms with Crippen LogP contribution < -0.4 is 5.32 Å². The number of nitrogens with zero attached hydrogens (tertiary/aromatic N) is 3. The molecule has 1 aliphatic heterocycles. The van der Waals surface area contributed by atoms with E-state index < -0.39 is 0 Å². The topological polar surface area (TPSA) is 82.4 Å². The maximum atomic E-state index is 9.30. The van der Waals surface area contributed by atoms with Crippen molar-refractivity contribution in [2.45, 2.75) is 25.7 Å². The Morgan fingerprint density at radius 1 is 0.560 bits per heavy atom. The van der Waals surface area contributed by atoms with Gasteiger partial charge in [-0.3, -0.25) is 0 Å². The molecule has 7 heteroatoms. The monoisotopic (exact) mass is 360 g/mol. The molecule has 7 nitrogen and oxygen atoms in total. The Balaban J connectivity index is 2.51. The van der Waals surface area contributed by atoms with Crippen LogP contribution >= 0.6 is 0 Å². The number of hydrogen-bond acceptors (Lipinski definition) is 7. The van der Waals surface area contributed by atoms with Crippen molar-refractivity contribution in [2.24, 2.45) is 0 Å². The summed E-state index contributed by atoms with van der Waals surface area (Å²) in [4.78, 5) is 7.11. The lowest BCUT2D eigenvalue weighted by Gasteiger charge is -2.26. The van der Waals surface area contributed by atoms with E-state index in [0.29, 0.717) is 0 Å². The van der Waals surface area contributed by atoms with Gasteiger partial charge in [0.05, 0.1) is 13.2 Å². The van der Waals surface area contributed by atoms with Gasteiger partial charge in [-0.25, -0.2) is 0 Å². The molecule has 0 radical (unpaired) electrons. The lowest BCUT2D eigenvalue weighted by Crippen LogP contribution is -2.36. The van der Waals surface area contributed by atoms with E-state index in [1.165, 1.54) is 0 Å². The molecular formula is C18H40N4O3. The highest BCUT2D eigenvalue weighted by Gasteiger charge is 2.10. The number of β-amino-alcohol motifs (C(OH)–C–C–N with tert-alkyl or cyclic N) is 2. The third kappa shape index (κ3) is 11.9. The van der Waals surface area contributed by atoms with Crippen LogP contribution in [0, 0.1) is 0 Å². The van der Waals surface area contributed by atoms with Gasteiger partial charge in [-0.15, -0.1) is 0 Å². The van der Waals surface area contributed by atoms with Crippen molar-refractivity contribution in [2.75, 3.05) is 91.8 Å². The molecule has 0 amide bonds. The van der Waals surface area contributed by atoms with Gasteiger partial charge in [0.2, 0.25) is 0 Å². The highest BCUT2D eigenvalue weighted by Crippen LogP contribution is 2.01. The normalized spacial score (nSPS) is 21.7. The average molecular weight is 361 g/mol. The van der Waals surface area contributed by atoms with Crippen LogP contribution in [-0.2, 0) is 0 Å². The number of aliphatic hydroxyl groups is 3. The zero-order chi connectivity index (χ0) is 18.2. The van der Waals surface area contributed by atoms with Gasteiger partial charge < -0.3 is 35.3 Å². The molecular weight excluding hydrogens is 320 g/mol. The minimum atomic E-state index is 0.207. The standard InChI is InChI=1S/C18H40N4O3/c23-16-4-12-20-8-2-10-22(15-18-25)11-3-9-21(14-17-24)7-1-5-19-6-13-20/h19,23-25H,1-18H2. The summed E-state index contributed by atoms with van der Waals surface area (Å²) in [5.41, 5.74) is 0. The predicted octanol–water partition coefficient (Wildman–Crippen LogP) is -0.967. The van der Waals surface area contributed by atoms with Gasteiger partial charge >= 0.3 is 0 Å². The molecule has 0 atom stereocenters. The summed E-state index contributed by atoms with van der Waals surface area (Å²) in [6.07, 6.45) is 4.08. The largest absolute Gasteiger partial charge is 0.396 e. The van der Waals surface area contributed by atoms with Gasteiger partial charge in [0, 0.05) is 39.3 Å². The molecule has 150 valence electrons. The van der Waals surface area contributed by atoms with Crippen molar-refractivity contribution in [1.82, 2.24) is 20.0 Å². The number of rotatable bonds is 7. The van der Waals surface area contributed by atoms with Crippen molar-refractivity contribution in [3.05, 3.63) is 0 Å². The third-order valence-corrected chi connectivity index (χ3v) is 4.79. The molecule has 0 aromatic heterocycles. The lowest BCUT2D eigenvalue weighted by molar-refractivity contribution is 0.162. The molecule has 0 saturated carbocycles. The highest BCUT2D eigenvalue weighted by atomic mass is 16.3. The van der Waals surface area contributed by atoms with E-state index in [1.807, 2.05) is 0 Å². The maximum Gasteiger partial charge on any atom is 0.0558 e. The van der Waals surface area contributed by atoms with Gasteiger partial charge in [-0.05, 0) is 65.0 Å². The molecule has 1 heterocycles. The average Bonchev–Trinajstić information content (AvgIpc) is 2.61. The van der Waals surface area contributed by atoms with Gasteiger partial charge in [0.15, 0.2) is 0 Å². The minimum absolute atomic E-state index is 0.207. The van der Waals surface area contributed by atoms with Crippen LogP contribution in [-0.4, -0.2) is 122 Å². The Labute approximate surface area is 153 Å². The summed E-state index contributed by atoms with van der Waals surface area (Å²) in [5.74, 6) is 0. The molecule has 1 rings (SSSR count). The molecule has 25 heavy (non-hydrogen) atoms. The van der Waals surface area contributed by atoms with Crippen LogP contribution in [0.15, 0.2) is 0 Å². The fourth-order valence-electron chi connectivity index (χ4n) is 3.41. The SMILES string of the molecule is OCCCN1CCCN(CCO)CCCN(CCO)CCCNCC1. The quantitative estimate of drug-likeness (QED) is 0.465. The van der Waals surface area contributed by atoms with Gasteiger partial charge in [0.25, 0.3) is 0 Å². The molecule has 0 bridgehead atoms. The van der Waals surface area contributed by atoms with Crippen molar-refractivity contribution >= 4 is 0 Å². The van der Waals surface area contributed by atoms with E-state index in [4.69, 9.17) is 5.11 Å². The Morgan fingerprint density at radius 2 is 1.08 bits per heavy atom. The molecule has 4 N–H and O–H groups in total.